The maximum Gasteiger partial charge on any atom is 0.172 e. The lowest BCUT2D eigenvalue weighted by Gasteiger charge is -2.17. The minimum Gasteiger partial charge on any atom is -0.456 e. The van der Waals surface area contributed by atoms with E-state index in [9.17, 15) is 0 Å². The molecule has 40 heavy (non-hydrogen) atoms. The molecule has 9 rings (SSSR count). The van der Waals surface area contributed by atoms with Crippen molar-refractivity contribution < 1.29 is 8.98 Å². The number of hydrogen-bond donors (Lipinski definition) is 0. The maximum atomic E-state index is 15.5. The van der Waals surface area contributed by atoms with Crippen molar-refractivity contribution in [3.63, 3.8) is 0 Å². The summed E-state index contributed by atoms with van der Waals surface area (Å²) < 4.78 is 24.1. The Balaban J connectivity index is 1.42. The SMILES string of the molecule is O=P1(c2ccccc2)c2ccccc2-c2ccc3c(c21)c1ccccc1n3-c1ccc2c(c1)oc1ccccc12. The third-order valence-corrected chi connectivity index (χ3v) is 11.6. The first-order valence-corrected chi connectivity index (χ1v) is 15.2. The molecule has 1 aliphatic heterocycles. The summed E-state index contributed by atoms with van der Waals surface area (Å²) in [6.07, 6.45) is 0. The molecule has 188 valence electrons. The molecule has 1 atom stereocenters. The van der Waals surface area contributed by atoms with E-state index in [2.05, 4.69) is 71.3 Å². The molecule has 8 aromatic rings. The summed E-state index contributed by atoms with van der Waals surface area (Å²) in [5.41, 5.74) is 7.00. The largest absolute Gasteiger partial charge is 0.456 e. The molecule has 0 radical (unpaired) electrons. The Kier molecular flexibility index (Phi) is 4.32. The summed E-state index contributed by atoms with van der Waals surface area (Å²) in [4.78, 5) is 0. The van der Waals surface area contributed by atoms with E-state index in [-0.39, 0.29) is 0 Å². The number of nitrogens with zero attached hydrogens (tertiary/aromatic N) is 1. The van der Waals surface area contributed by atoms with Crippen LogP contribution >= 0.6 is 7.14 Å². The summed E-state index contributed by atoms with van der Waals surface area (Å²) in [6.45, 7) is 0. The van der Waals surface area contributed by atoms with Gasteiger partial charge in [-0.15, -0.1) is 0 Å². The predicted molar refractivity (Wildman–Crippen MR) is 166 cm³/mol. The van der Waals surface area contributed by atoms with Gasteiger partial charge in [0.05, 0.1) is 11.0 Å². The first-order valence-electron chi connectivity index (χ1n) is 13.5. The molecule has 0 fully saturated rings. The van der Waals surface area contributed by atoms with Crippen LogP contribution in [0.3, 0.4) is 0 Å². The van der Waals surface area contributed by atoms with Crippen LogP contribution in [0.1, 0.15) is 0 Å². The number of rotatable bonds is 2. The van der Waals surface area contributed by atoms with Crippen molar-refractivity contribution in [3.05, 3.63) is 133 Å². The number of aromatic nitrogens is 1. The van der Waals surface area contributed by atoms with Gasteiger partial charge in [0.2, 0.25) is 0 Å². The second kappa shape index (κ2) is 7.85. The standard InChI is InChI=1S/C36H22NO2P/c38-40(24-10-2-1-3-11-24)34-17-9-6-13-27(34)28-20-21-31-35(36(28)40)29-14-4-7-15-30(29)37(31)23-18-19-26-25-12-5-8-16-32(25)39-33(26)22-23/h1-22H. The van der Waals surface area contributed by atoms with Crippen LogP contribution in [-0.2, 0) is 4.57 Å². The quantitative estimate of drug-likeness (QED) is 0.210. The van der Waals surface area contributed by atoms with Gasteiger partial charge in [-0.05, 0) is 41.5 Å². The van der Waals surface area contributed by atoms with Crippen molar-refractivity contribution in [3.8, 4) is 16.8 Å². The number of hydrogen-bond acceptors (Lipinski definition) is 2. The van der Waals surface area contributed by atoms with Crippen molar-refractivity contribution in [2.45, 2.75) is 0 Å². The van der Waals surface area contributed by atoms with Crippen LogP contribution in [0.5, 0.6) is 0 Å². The van der Waals surface area contributed by atoms with E-state index < -0.39 is 7.14 Å². The molecule has 1 unspecified atom stereocenters. The highest BCUT2D eigenvalue weighted by atomic mass is 31.2. The van der Waals surface area contributed by atoms with Gasteiger partial charge in [-0.2, -0.15) is 0 Å². The number of benzene rings is 6. The van der Waals surface area contributed by atoms with Gasteiger partial charge in [0.15, 0.2) is 7.14 Å². The van der Waals surface area contributed by atoms with Crippen molar-refractivity contribution >= 4 is 66.8 Å². The average Bonchev–Trinajstić information content (AvgIpc) is 3.64. The average molecular weight is 532 g/mol. The van der Waals surface area contributed by atoms with Crippen LogP contribution in [0.4, 0.5) is 0 Å². The van der Waals surface area contributed by atoms with Crippen LogP contribution < -0.4 is 15.9 Å². The molecule has 6 aromatic carbocycles. The van der Waals surface area contributed by atoms with Gasteiger partial charge in [-0.1, -0.05) is 97.1 Å². The molecule has 3 heterocycles. The summed E-state index contributed by atoms with van der Waals surface area (Å²) >= 11 is 0. The lowest BCUT2D eigenvalue weighted by molar-refractivity contribution is 0.593. The van der Waals surface area contributed by atoms with Gasteiger partial charge in [-0.3, -0.25) is 0 Å². The number of fused-ring (bicyclic) bond motifs is 10. The van der Waals surface area contributed by atoms with Gasteiger partial charge < -0.3 is 13.5 Å². The topological polar surface area (TPSA) is 35.1 Å². The van der Waals surface area contributed by atoms with Crippen molar-refractivity contribution in [2.75, 3.05) is 0 Å². The Hall–Kier alpha value is -4.85. The molecular formula is C36H22NO2P. The molecule has 1 aliphatic rings. The van der Waals surface area contributed by atoms with Crippen molar-refractivity contribution in [1.29, 1.82) is 0 Å². The van der Waals surface area contributed by atoms with E-state index in [0.29, 0.717) is 0 Å². The highest BCUT2D eigenvalue weighted by Gasteiger charge is 2.42. The molecule has 0 amide bonds. The number of para-hydroxylation sites is 2. The van der Waals surface area contributed by atoms with Crippen LogP contribution in [-0.4, -0.2) is 4.57 Å². The second-order valence-corrected chi connectivity index (χ2v) is 13.1. The van der Waals surface area contributed by atoms with Gasteiger partial charge >= 0.3 is 0 Å². The minimum absolute atomic E-state index is 0.855. The molecule has 0 N–H and O–H groups in total. The van der Waals surface area contributed by atoms with E-state index in [1.807, 2.05) is 66.7 Å². The highest BCUT2D eigenvalue weighted by Crippen LogP contribution is 2.55. The Bertz CT molecular complexity index is 2360. The van der Waals surface area contributed by atoms with Crippen molar-refractivity contribution in [2.24, 2.45) is 0 Å². The Morgan fingerprint density at radius 3 is 2.17 bits per heavy atom. The molecule has 0 aliphatic carbocycles. The molecular weight excluding hydrogens is 509 g/mol. The first kappa shape index (κ1) is 22.0. The Morgan fingerprint density at radius 1 is 0.550 bits per heavy atom. The minimum atomic E-state index is -3.12. The van der Waals surface area contributed by atoms with Crippen LogP contribution in [0.2, 0.25) is 0 Å². The van der Waals surface area contributed by atoms with Crippen LogP contribution in [0, 0.1) is 0 Å². The zero-order valence-corrected chi connectivity index (χ0v) is 22.3. The molecule has 4 heteroatoms. The second-order valence-electron chi connectivity index (χ2n) is 10.4. The summed E-state index contributed by atoms with van der Waals surface area (Å²) in [7, 11) is -3.12. The van der Waals surface area contributed by atoms with Gasteiger partial charge in [0, 0.05) is 49.2 Å². The molecule has 0 bridgehead atoms. The van der Waals surface area contributed by atoms with Crippen LogP contribution in [0.15, 0.2) is 138 Å². The fourth-order valence-electron chi connectivity index (χ4n) is 6.72. The van der Waals surface area contributed by atoms with Crippen LogP contribution in [0.25, 0.3) is 60.6 Å². The molecule has 3 nitrogen and oxygen atoms in total. The van der Waals surface area contributed by atoms with E-state index >= 15 is 4.57 Å². The van der Waals surface area contributed by atoms with E-state index in [1.165, 1.54) is 0 Å². The molecule has 0 saturated carbocycles. The lowest BCUT2D eigenvalue weighted by Crippen LogP contribution is -2.21. The summed E-state index contributed by atoms with van der Waals surface area (Å²) in [5.74, 6) is 0. The zero-order valence-electron chi connectivity index (χ0n) is 21.4. The van der Waals surface area contributed by atoms with Gasteiger partial charge in [0.25, 0.3) is 0 Å². The fourth-order valence-corrected chi connectivity index (χ4v) is 10.0. The maximum absolute atomic E-state index is 15.5. The van der Waals surface area contributed by atoms with E-state index in [4.69, 9.17) is 4.42 Å². The normalized spacial score (nSPS) is 16.2. The Labute approximate surface area is 230 Å². The monoisotopic (exact) mass is 531 g/mol. The first-order chi connectivity index (χ1) is 19.7. The third kappa shape index (κ3) is 2.72. The molecule has 0 spiro atoms. The van der Waals surface area contributed by atoms with E-state index in [0.717, 1.165) is 76.5 Å². The Morgan fingerprint density at radius 2 is 1.27 bits per heavy atom. The predicted octanol–water partition coefficient (Wildman–Crippen LogP) is 8.30. The van der Waals surface area contributed by atoms with Gasteiger partial charge in [-0.25, -0.2) is 0 Å². The molecule has 0 saturated heterocycles. The molecule has 2 aromatic heterocycles. The van der Waals surface area contributed by atoms with Crippen molar-refractivity contribution in [1.82, 2.24) is 4.57 Å². The lowest BCUT2D eigenvalue weighted by atomic mass is 10.0. The van der Waals surface area contributed by atoms with Gasteiger partial charge in [0.1, 0.15) is 11.2 Å². The summed E-state index contributed by atoms with van der Waals surface area (Å²) in [5, 5.41) is 7.11. The highest BCUT2D eigenvalue weighted by molar-refractivity contribution is 7.86. The van der Waals surface area contributed by atoms with E-state index in [1.54, 1.807) is 0 Å². The third-order valence-electron chi connectivity index (χ3n) is 8.40. The summed E-state index contributed by atoms with van der Waals surface area (Å²) in [6, 6.07) is 45.6. The fraction of sp³-hybridized carbons (Fsp3) is 0. The number of furan rings is 1. The zero-order chi connectivity index (χ0) is 26.4. The smallest absolute Gasteiger partial charge is 0.172 e.